The summed E-state index contributed by atoms with van der Waals surface area (Å²) < 4.78 is 0. The monoisotopic (exact) mass is 310 g/mol. The molecule has 0 radical (unpaired) electrons. The summed E-state index contributed by atoms with van der Waals surface area (Å²) in [5.74, 6) is 0.560. The summed E-state index contributed by atoms with van der Waals surface area (Å²) in [5, 5.41) is 5.52. The number of hydrogen-bond donors (Lipinski definition) is 2. The van der Waals surface area contributed by atoms with E-state index in [4.69, 9.17) is 0 Å². The highest BCUT2D eigenvalue weighted by Crippen LogP contribution is 2.24. The van der Waals surface area contributed by atoms with Crippen LogP contribution in [-0.4, -0.2) is 23.6 Å². The minimum atomic E-state index is -0.229. The Balaban J connectivity index is 1.65. The van der Waals surface area contributed by atoms with Crippen molar-refractivity contribution in [1.82, 2.24) is 10.3 Å². The smallest absolute Gasteiger partial charge is 0.320 e. The topological polar surface area (TPSA) is 57.3 Å². The van der Waals surface area contributed by atoms with Gasteiger partial charge >= 0.3 is 6.03 Å². The predicted octanol–water partition coefficient (Wildman–Crippen LogP) is 3.17. The quantitative estimate of drug-likeness (QED) is 0.915. The Labute approximate surface area is 136 Å². The number of nitrogens with zero attached hydrogens (tertiary/aromatic N) is 2. The number of amides is 2. The van der Waals surface area contributed by atoms with Gasteiger partial charge in [-0.3, -0.25) is 5.32 Å². The Kier molecular flexibility index (Phi) is 4.46. The highest BCUT2D eigenvalue weighted by molar-refractivity contribution is 5.88. The molecule has 5 heteroatoms. The van der Waals surface area contributed by atoms with Gasteiger partial charge in [0.05, 0.1) is 11.9 Å². The van der Waals surface area contributed by atoms with Crippen LogP contribution in [0.2, 0.25) is 0 Å². The number of carbonyl (C=O) groups excluding carboxylic acids is 1. The first kappa shape index (κ1) is 15.3. The van der Waals surface area contributed by atoms with E-state index in [1.54, 1.807) is 0 Å². The summed E-state index contributed by atoms with van der Waals surface area (Å²) in [7, 11) is 0. The standard InChI is InChI=1S/C18H22N4O/c1-13(2)20-18(23)21-17-8-7-16(11-19-17)22-10-9-14-5-3-4-6-15(14)12-22/h3-8,11,13H,9-10,12H2,1-2H3,(H2,19,20,21,23). The number of urea groups is 1. The lowest BCUT2D eigenvalue weighted by Crippen LogP contribution is -2.34. The van der Waals surface area contributed by atoms with Crippen LogP contribution < -0.4 is 15.5 Å². The average Bonchev–Trinajstić information content (AvgIpc) is 2.54. The molecule has 0 bridgehead atoms. The molecule has 23 heavy (non-hydrogen) atoms. The molecule has 120 valence electrons. The van der Waals surface area contributed by atoms with Crippen LogP contribution in [0, 0.1) is 0 Å². The Morgan fingerprint density at radius 2 is 1.96 bits per heavy atom. The van der Waals surface area contributed by atoms with Crippen LogP contribution in [0.4, 0.5) is 16.3 Å². The fraction of sp³-hybridized carbons (Fsp3) is 0.333. The molecular weight excluding hydrogens is 288 g/mol. The molecule has 0 saturated carbocycles. The van der Waals surface area contributed by atoms with Gasteiger partial charge in [-0.05, 0) is 43.5 Å². The number of nitrogens with one attached hydrogen (secondary N) is 2. The molecular formula is C18H22N4O. The zero-order valence-corrected chi connectivity index (χ0v) is 13.5. The molecule has 0 spiro atoms. The third-order valence-electron chi connectivity index (χ3n) is 3.91. The molecule has 0 saturated heterocycles. The zero-order valence-electron chi connectivity index (χ0n) is 13.5. The first-order valence-electron chi connectivity index (χ1n) is 7.97. The number of aromatic nitrogens is 1. The van der Waals surface area contributed by atoms with Gasteiger partial charge in [0.15, 0.2) is 0 Å². The Bertz CT molecular complexity index is 682. The predicted molar refractivity (Wildman–Crippen MR) is 92.7 cm³/mol. The molecule has 3 rings (SSSR count). The molecule has 1 aliphatic rings. The second-order valence-corrected chi connectivity index (χ2v) is 6.10. The van der Waals surface area contributed by atoms with Crippen molar-refractivity contribution < 1.29 is 4.79 Å². The van der Waals surface area contributed by atoms with E-state index in [9.17, 15) is 4.79 Å². The number of rotatable bonds is 3. The SMILES string of the molecule is CC(C)NC(=O)Nc1ccc(N2CCc3ccccc3C2)cn1. The van der Waals surface area contributed by atoms with Crippen molar-refractivity contribution in [3.8, 4) is 0 Å². The number of carbonyl (C=O) groups is 1. The minimum absolute atomic E-state index is 0.0997. The maximum absolute atomic E-state index is 11.7. The molecule has 0 fully saturated rings. The molecule has 2 N–H and O–H groups in total. The van der Waals surface area contributed by atoms with Crippen molar-refractivity contribution in [3.05, 3.63) is 53.7 Å². The van der Waals surface area contributed by atoms with Gasteiger partial charge in [0.1, 0.15) is 5.82 Å². The van der Waals surface area contributed by atoms with Crippen molar-refractivity contribution in [2.75, 3.05) is 16.8 Å². The number of fused-ring (bicyclic) bond motifs is 1. The fourth-order valence-electron chi connectivity index (χ4n) is 2.78. The first-order valence-corrected chi connectivity index (χ1v) is 7.97. The molecule has 2 aromatic rings. The summed E-state index contributed by atoms with van der Waals surface area (Å²) in [4.78, 5) is 18.3. The summed E-state index contributed by atoms with van der Waals surface area (Å²) in [6, 6.07) is 12.3. The molecule has 1 aliphatic heterocycles. The molecule has 0 unspecified atom stereocenters. The van der Waals surface area contributed by atoms with E-state index in [0.717, 1.165) is 25.2 Å². The van der Waals surface area contributed by atoms with E-state index in [1.165, 1.54) is 11.1 Å². The zero-order chi connectivity index (χ0) is 16.2. The van der Waals surface area contributed by atoms with Crippen LogP contribution in [-0.2, 0) is 13.0 Å². The third kappa shape index (κ3) is 3.80. The molecule has 1 aromatic heterocycles. The number of hydrogen-bond acceptors (Lipinski definition) is 3. The number of pyridine rings is 1. The van der Waals surface area contributed by atoms with Gasteiger partial charge < -0.3 is 10.2 Å². The van der Waals surface area contributed by atoms with Crippen LogP contribution >= 0.6 is 0 Å². The Hall–Kier alpha value is -2.56. The van der Waals surface area contributed by atoms with Gasteiger partial charge in [-0.25, -0.2) is 9.78 Å². The van der Waals surface area contributed by atoms with Crippen molar-refractivity contribution in [2.45, 2.75) is 32.9 Å². The summed E-state index contributed by atoms with van der Waals surface area (Å²) in [5.41, 5.74) is 3.88. The van der Waals surface area contributed by atoms with Gasteiger partial charge in [-0.1, -0.05) is 24.3 Å². The van der Waals surface area contributed by atoms with Crippen LogP contribution in [0.15, 0.2) is 42.6 Å². The summed E-state index contributed by atoms with van der Waals surface area (Å²) in [6.45, 7) is 5.73. The molecule has 0 atom stereocenters. The number of benzene rings is 1. The van der Waals surface area contributed by atoms with Crippen LogP contribution in [0.25, 0.3) is 0 Å². The lowest BCUT2D eigenvalue weighted by atomic mass is 10.00. The van der Waals surface area contributed by atoms with Gasteiger partial charge in [0.2, 0.25) is 0 Å². The van der Waals surface area contributed by atoms with Crippen LogP contribution in [0.1, 0.15) is 25.0 Å². The van der Waals surface area contributed by atoms with E-state index >= 15 is 0 Å². The first-order chi connectivity index (χ1) is 11.1. The Morgan fingerprint density at radius 3 is 2.65 bits per heavy atom. The largest absolute Gasteiger partial charge is 0.366 e. The van der Waals surface area contributed by atoms with Crippen LogP contribution in [0.5, 0.6) is 0 Å². The van der Waals surface area contributed by atoms with Gasteiger partial charge in [0.25, 0.3) is 0 Å². The normalized spacial score (nSPS) is 13.6. The van der Waals surface area contributed by atoms with E-state index in [0.29, 0.717) is 5.82 Å². The highest BCUT2D eigenvalue weighted by Gasteiger charge is 2.16. The third-order valence-corrected chi connectivity index (χ3v) is 3.91. The van der Waals surface area contributed by atoms with E-state index in [1.807, 2.05) is 32.2 Å². The van der Waals surface area contributed by atoms with Crippen molar-refractivity contribution in [3.63, 3.8) is 0 Å². The summed E-state index contributed by atoms with van der Waals surface area (Å²) >= 11 is 0. The molecule has 2 heterocycles. The van der Waals surface area contributed by atoms with E-state index in [2.05, 4.69) is 44.8 Å². The average molecular weight is 310 g/mol. The maximum Gasteiger partial charge on any atom is 0.320 e. The van der Waals surface area contributed by atoms with Gasteiger partial charge in [-0.15, -0.1) is 0 Å². The minimum Gasteiger partial charge on any atom is -0.366 e. The molecule has 5 nitrogen and oxygen atoms in total. The van der Waals surface area contributed by atoms with Crippen molar-refractivity contribution >= 4 is 17.5 Å². The van der Waals surface area contributed by atoms with E-state index in [-0.39, 0.29) is 12.1 Å². The highest BCUT2D eigenvalue weighted by atomic mass is 16.2. The van der Waals surface area contributed by atoms with Crippen LogP contribution in [0.3, 0.4) is 0 Å². The fourth-order valence-corrected chi connectivity index (χ4v) is 2.78. The Morgan fingerprint density at radius 1 is 1.17 bits per heavy atom. The lowest BCUT2D eigenvalue weighted by Gasteiger charge is -2.30. The van der Waals surface area contributed by atoms with E-state index < -0.39 is 0 Å². The second-order valence-electron chi connectivity index (χ2n) is 6.10. The second kappa shape index (κ2) is 6.69. The molecule has 2 amide bonds. The number of anilines is 2. The lowest BCUT2D eigenvalue weighted by molar-refractivity contribution is 0.250. The summed E-state index contributed by atoms with van der Waals surface area (Å²) in [6.07, 6.45) is 2.87. The molecule has 1 aromatic carbocycles. The molecule has 0 aliphatic carbocycles. The van der Waals surface area contributed by atoms with Crippen molar-refractivity contribution in [2.24, 2.45) is 0 Å². The maximum atomic E-state index is 11.7. The van der Waals surface area contributed by atoms with Gasteiger partial charge in [0, 0.05) is 19.1 Å². The van der Waals surface area contributed by atoms with Crippen molar-refractivity contribution in [1.29, 1.82) is 0 Å². The van der Waals surface area contributed by atoms with Gasteiger partial charge in [-0.2, -0.15) is 0 Å².